The highest BCUT2D eigenvalue weighted by Crippen LogP contribution is 2.24. The number of tetrazole rings is 1. The average molecular weight is 367 g/mol. The minimum absolute atomic E-state index is 0.255. The van der Waals surface area contributed by atoms with Gasteiger partial charge in [-0.3, -0.25) is 0 Å². The topological polar surface area (TPSA) is 94.5 Å². The molecule has 0 saturated carbocycles. The fourth-order valence-electron chi connectivity index (χ4n) is 2.73. The maximum atomic E-state index is 12.2. The fourth-order valence-corrected chi connectivity index (χ4v) is 2.73. The van der Waals surface area contributed by atoms with Gasteiger partial charge in [-0.1, -0.05) is 29.4 Å². The summed E-state index contributed by atoms with van der Waals surface area (Å²) in [7, 11) is 1.55. The minimum atomic E-state index is -0.324. The van der Waals surface area contributed by atoms with Gasteiger partial charge in [0.25, 0.3) is 0 Å². The first-order valence-electron chi connectivity index (χ1n) is 8.42. The molecule has 0 aliphatic rings. The zero-order chi connectivity index (χ0) is 19.6. The predicted octanol–water partition coefficient (Wildman–Crippen LogP) is 2.36. The molecule has 0 amide bonds. The van der Waals surface area contributed by atoms with Crippen LogP contribution in [0.1, 0.15) is 29.2 Å². The van der Waals surface area contributed by atoms with Crippen molar-refractivity contribution in [1.29, 1.82) is 0 Å². The van der Waals surface area contributed by atoms with E-state index in [1.54, 1.807) is 14.0 Å². The number of nitrogens with zero attached hydrogens (tertiary/aromatic N) is 5. The molecule has 0 aliphatic heterocycles. The molecule has 8 heteroatoms. The maximum Gasteiger partial charge on any atom is 0.368 e. The van der Waals surface area contributed by atoms with Crippen molar-refractivity contribution in [3.05, 3.63) is 69.1 Å². The van der Waals surface area contributed by atoms with Gasteiger partial charge in [-0.2, -0.15) is 9.36 Å². The van der Waals surface area contributed by atoms with E-state index >= 15 is 0 Å². The number of hydrogen-bond donors (Lipinski definition) is 1. The van der Waals surface area contributed by atoms with Gasteiger partial charge in [0.05, 0.1) is 11.4 Å². The lowest BCUT2D eigenvalue weighted by Gasteiger charge is -2.15. The highest BCUT2D eigenvalue weighted by molar-refractivity contribution is 5.98. The summed E-state index contributed by atoms with van der Waals surface area (Å²) in [4.78, 5) is 12.2. The monoisotopic (exact) mass is 367 g/mol. The molecule has 1 heterocycles. The molecule has 0 atom stereocenters. The van der Waals surface area contributed by atoms with E-state index in [2.05, 4.69) is 15.6 Å². The Morgan fingerprint density at radius 1 is 1.19 bits per heavy atom. The van der Waals surface area contributed by atoms with E-state index in [1.165, 1.54) is 9.36 Å². The smallest absolute Gasteiger partial charge is 0.368 e. The van der Waals surface area contributed by atoms with Crippen molar-refractivity contribution in [2.75, 3.05) is 0 Å². The van der Waals surface area contributed by atoms with E-state index in [9.17, 15) is 4.79 Å². The van der Waals surface area contributed by atoms with Crippen LogP contribution in [0.3, 0.4) is 0 Å². The lowest BCUT2D eigenvalue weighted by molar-refractivity contribution is 0.302. The third-order valence-corrected chi connectivity index (χ3v) is 4.46. The Morgan fingerprint density at radius 3 is 2.63 bits per heavy atom. The van der Waals surface area contributed by atoms with Crippen LogP contribution in [-0.4, -0.2) is 30.7 Å². The van der Waals surface area contributed by atoms with E-state index < -0.39 is 0 Å². The standard InChI is InChI=1S/C19H21N5O3/c1-12-6-5-7-17(24-19(25)23(4)21-22-24)16(12)11-27-18-10-15(14(3)20-26)9-8-13(18)2/h5-10,26H,11H2,1-4H3. The van der Waals surface area contributed by atoms with Crippen molar-refractivity contribution in [3.8, 4) is 11.4 Å². The van der Waals surface area contributed by atoms with Crippen LogP contribution >= 0.6 is 0 Å². The molecule has 1 aromatic heterocycles. The Labute approximate surface area is 156 Å². The second-order valence-corrected chi connectivity index (χ2v) is 6.32. The van der Waals surface area contributed by atoms with E-state index in [0.29, 0.717) is 17.1 Å². The molecule has 27 heavy (non-hydrogen) atoms. The molecular formula is C19H21N5O3. The lowest BCUT2D eigenvalue weighted by Crippen LogP contribution is -2.23. The Morgan fingerprint density at radius 2 is 1.96 bits per heavy atom. The van der Waals surface area contributed by atoms with Gasteiger partial charge in [-0.05, 0) is 54.5 Å². The zero-order valence-corrected chi connectivity index (χ0v) is 15.7. The fraction of sp³-hybridized carbons (Fsp3) is 0.263. The molecule has 0 fully saturated rings. The summed E-state index contributed by atoms with van der Waals surface area (Å²) in [6, 6.07) is 11.2. The van der Waals surface area contributed by atoms with Crippen LogP contribution in [0.15, 0.2) is 46.3 Å². The highest BCUT2D eigenvalue weighted by atomic mass is 16.5. The molecule has 140 valence electrons. The van der Waals surface area contributed by atoms with Gasteiger partial charge in [-0.25, -0.2) is 4.79 Å². The molecule has 0 unspecified atom stereocenters. The number of aromatic nitrogens is 4. The van der Waals surface area contributed by atoms with Gasteiger partial charge in [0, 0.05) is 18.2 Å². The minimum Gasteiger partial charge on any atom is -0.489 e. The number of benzene rings is 2. The van der Waals surface area contributed by atoms with Crippen molar-refractivity contribution in [2.45, 2.75) is 27.4 Å². The van der Waals surface area contributed by atoms with Gasteiger partial charge in [0.15, 0.2) is 0 Å². The number of oxime groups is 1. The third kappa shape index (κ3) is 3.59. The van der Waals surface area contributed by atoms with Gasteiger partial charge in [0.1, 0.15) is 12.4 Å². The third-order valence-electron chi connectivity index (χ3n) is 4.46. The quantitative estimate of drug-likeness (QED) is 0.424. The highest BCUT2D eigenvalue weighted by Gasteiger charge is 2.14. The summed E-state index contributed by atoms with van der Waals surface area (Å²) in [6.45, 7) is 5.87. The first-order valence-corrected chi connectivity index (χ1v) is 8.42. The summed E-state index contributed by atoms with van der Waals surface area (Å²) in [5.74, 6) is 0.677. The first-order chi connectivity index (χ1) is 12.9. The van der Waals surface area contributed by atoms with Crippen molar-refractivity contribution < 1.29 is 9.94 Å². The van der Waals surface area contributed by atoms with Crippen LogP contribution in [0.25, 0.3) is 5.69 Å². The van der Waals surface area contributed by atoms with E-state index in [0.717, 1.165) is 22.3 Å². The van der Waals surface area contributed by atoms with Crippen molar-refractivity contribution in [3.63, 3.8) is 0 Å². The molecule has 2 aromatic carbocycles. The van der Waals surface area contributed by atoms with Gasteiger partial charge < -0.3 is 9.94 Å². The van der Waals surface area contributed by atoms with Crippen LogP contribution in [0.2, 0.25) is 0 Å². The Kier molecular flexibility index (Phi) is 5.07. The SMILES string of the molecule is CC(=NO)c1ccc(C)c(OCc2c(C)cccc2-n2nnn(C)c2=O)c1. The molecular weight excluding hydrogens is 346 g/mol. The van der Waals surface area contributed by atoms with Gasteiger partial charge in [-0.15, -0.1) is 0 Å². The summed E-state index contributed by atoms with van der Waals surface area (Å²) < 4.78 is 8.48. The molecule has 3 rings (SSSR count). The molecule has 0 saturated heterocycles. The number of aryl methyl sites for hydroxylation is 3. The zero-order valence-electron chi connectivity index (χ0n) is 15.7. The largest absolute Gasteiger partial charge is 0.489 e. The van der Waals surface area contributed by atoms with Crippen molar-refractivity contribution in [1.82, 2.24) is 19.8 Å². The molecule has 0 spiro atoms. The Hall–Kier alpha value is -3.42. The molecule has 0 bridgehead atoms. The molecule has 3 aromatic rings. The van der Waals surface area contributed by atoms with E-state index in [-0.39, 0.29) is 12.3 Å². The first kappa shape index (κ1) is 18.4. The number of rotatable bonds is 5. The molecule has 1 N–H and O–H groups in total. The van der Waals surface area contributed by atoms with Crippen LogP contribution < -0.4 is 10.4 Å². The summed E-state index contributed by atoms with van der Waals surface area (Å²) >= 11 is 0. The second-order valence-electron chi connectivity index (χ2n) is 6.32. The maximum absolute atomic E-state index is 12.2. The van der Waals surface area contributed by atoms with Crippen LogP contribution in [-0.2, 0) is 13.7 Å². The Bertz CT molecular complexity index is 1070. The van der Waals surface area contributed by atoms with Gasteiger partial charge >= 0.3 is 5.69 Å². The van der Waals surface area contributed by atoms with Crippen LogP contribution in [0, 0.1) is 13.8 Å². The summed E-state index contributed by atoms with van der Waals surface area (Å²) in [5, 5.41) is 19.9. The lowest BCUT2D eigenvalue weighted by atomic mass is 10.1. The molecule has 8 nitrogen and oxygen atoms in total. The van der Waals surface area contributed by atoms with E-state index in [1.807, 2.05) is 50.2 Å². The second kappa shape index (κ2) is 7.45. The van der Waals surface area contributed by atoms with Gasteiger partial charge in [0.2, 0.25) is 0 Å². The summed E-state index contributed by atoms with van der Waals surface area (Å²) in [5.41, 5.74) is 4.36. The van der Waals surface area contributed by atoms with E-state index in [4.69, 9.17) is 9.94 Å². The molecule has 0 aliphatic carbocycles. The molecule has 0 radical (unpaired) electrons. The average Bonchev–Trinajstić information content (AvgIpc) is 3.00. The van der Waals surface area contributed by atoms with Crippen LogP contribution in [0.5, 0.6) is 5.75 Å². The predicted molar refractivity (Wildman–Crippen MR) is 101 cm³/mol. The number of ether oxygens (including phenoxy) is 1. The summed E-state index contributed by atoms with van der Waals surface area (Å²) in [6.07, 6.45) is 0. The van der Waals surface area contributed by atoms with Crippen molar-refractivity contribution >= 4 is 5.71 Å². The Balaban J connectivity index is 1.96. The normalized spacial score (nSPS) is 11.6. The van der Waals surface area contributed by atoms with Crippen molar-refractivity contribution in [2.24, 2.45) is 12.2 Å². The van der Waals surface area contributed by atoms with Crippen LogP contribution in [0.4, 0.5) is 0 Å². The number of hydrogen-bond acceptors (Lipinski definition) is 6.